The van der Waals surface area contributed by atoms with E-state index in [2.05, 4.69) is 53.3 Å². The standard InChI is InChI=1S/C24H41FS/c1-8-10-21(12-11-20(6)25)13-22-14-23(17-26-18(3)4)16-24(7,15-22)19(5)9-2/h14,16,19-21H,3,8-13,15,17H2,1-2,4-7H3/t19-,20?,21+,24+/m0/s1. The summed E-state index contributed by atoms with van der Waals surface area (Å²) in [6.45, 7) is 17.2. The molecule has 0 fully saturated rings. The number of hydrogen-bond acceptors (Lipinski definition) is 1. The Labute approximate surface area is 166 Å². The van der Waals surface area contributed by atoms with E-state index in [-0.39, 0.29) is 5.41 Å². The van der Waals surface area contributed by atoms with Crippen LogP contribution in [0, 0.1) is 17.3 Å². The van der Waals surface area contributed by atoms with Crippen molar-refractivity contribution in [3.8, 4) is 0 Å². The van der Waals surface area contributed by atoms with Gasteiger partial charge in [0.15, 0.2) is 0 Å². The van der Waals surface area contributed by atoms with E-state index < -0.39 is 6.17 Å². The molecule has 4 atom stereocenters. The van der Waals surface area contributed by atoms with Gasteiger partial charge in [-0.25, -0.2) is 4.39 Å². The van der Waals surface area contributed by atoms with E-state index in [1.165, 1.54) is 29.7 Å². The van der Waals surface area contributed by atoms with E-state index in [0.29, 0.717) is 18.3 Å². The molecule has 0 radical (unpaired) electrons. The van der Waals surface area contributed by atoms with Crippen LogP contribution in [0.1, 0.15) is 86.5 Å². The second kappa shape index (κ2) is 11.4. The Balaban J connectivity index is 2.94. The van der Waals surface area contributed by atoms with Crippen LogP contribution in [0.15, 0.2) is 34.8 Å². The Morgan fingerprint density at radius 3 is 2.50 bits per heavy atom. The van der Waals surface area contributed by atoms with Gasteiger partial charge in [0.1, 0.15) is 0 Å². The topological polar surface area (TPSA) is 0 Å². The van der Waals surface area contributed by atoms with E-state index in [0.717, 1.165) is 25.0 Å². The highest BCUT2D eigenvalue weighted by molar-refractivity contribution is 8.03. The summed E-state index contributed by atoms with van der Waals surface area (Å²) in [4.78, 5) is 1.18. The minimum atomic E-state index is -0.678. The quantitative estimate of drug-likeness (QED) is 0.327. The summed E-state index contributed by atoms with van der Waals surface area (Å²) >= 11 is 1.85. The molecule has 0 aromatic carbocycles. The first-order chi connectivity index (χ1) is 12.2. The molecule has 0 bridgehead atoms. The van der Waals surface area contributed by atoms with Crippen LogP contribution in [0.4, 0.5) is 4.39 Å². The third-order valence-corrected chi connectivity index (χ3v) is 6.93. The molecule has 0 heterocycles. The molecule has 1 aliphatic carbocycles. The predicted octanol–water partition coefficient (Wildman–Crippen LogP) is 8.51. The number of hydrogen-bond donors (Lipinski definition) is 0. The van der Waals surface area contributed by atoms with Crippen LogP contribution in [-0.2, 0) is 0 Å². The lowest BCUT2D eigenvalue weighted by Crippen LogP contribution is -2.27. The van der Waals surface area contributed by atoms with Crippen LogP contribution in [0.25, 0.3) is 0 Å². The first-order valence-corrected chi connectivity index (χ1v) is 11.5. The highest BCUT2D eigenvalue weighted by atomic mass is 32.2. The summed E-state index contributed by atoms with van der Waals surface area (Å²) in [6, 6.07) is 0. The van der Waals surface area contributed by atoms with Gasteiger partial charge in [-0.05, 0) is 67.3 Å². The van der Waals surface area contributed by atoms with Crippen molar-refractivity contribution in [3.05, 3.63) is 34.8 Å². The fourth-order valence-electron chi connectivity index (χ4n) is 4.12. The lowest BCUT2D eigenvalue weighted by Gasteiger charge is -2.38. The molecule has 0 aromatic rings. The molecule has 1 unspecified atom stereocenters. The smallest absolute Gasteiger partial charge is 0.0973 e. The second-order valence-corrected chi connectivity index (χ2v) is 10.00. The summed E-state index contributed by atoms with van der Waals surface area (Å²) in [5.74, 6) is 2.32. The fraction of sp³-hybridized carbons (Fsp3) is 0.750. The van der Waals surface area contributed by atoms with Gasteiger partial charge in [0.05, 0.1) is 6.17 Å². The Hall–Kier alpha value is -0.500. The van der Waals surface area contributed by atoms with Gasteiger partial charge in [-0.3, -0.25) is 0 Å². The molecule has 0 aromatic heterocycles. The van der Waals surface area contributed by atoms with Gasteiger partial charge in [-0.1, -0.05) is 71.3 Å². The lowest BCUT2D eigenvalue weighted by molar-refractivity contribution is 0.252. The zero-order chi connectivity index (χ0) is 19.7. The molecule has 150 valence electrons. The van der Waals surface area contributed by atoms with E-state index in [9.17, 15) is 4.39 Å². The van der Waals surface area contributed by atoms with Crippen LogP contribution in [0.3, 0.4) is 0 Å². The molecule has 26 heavy (non-hydrogen) atoms. The summed E-state index contributed by atoms with van der Waals surface area (Å²) in [7, 11) is 0. The van der Waals surface area contributed by atoms with Crippen LogP contribution in [0.2, 0.25) is 0 Å². The molecule has 0 spiro atoms. The van der Waals surface area contributed by atoms with Gasteiger partial charge < -0.3 is 0 Å². The van der Waals surface area contributed by atoms with Crippen LogP contribution < -0.4 is 0 Å². The van der Waals surface area contributed by atoms with E-state index >= 15 is 0 Å². The van der Waals surface area contributed by atoms with Gasteiger partial charge in [0.2, 0.25) is 0 Å². The van der Waals surface area contributed by atoms with Gasteiger partial charge >= 0.3 is 0 Å². The third-order valence-electron chi connectivity index (χ3n) is 5.96. The van der Waals surface area contributed by atoms with Gasteiger partial charge in [-0.2, -0.15) is 0 Å². The summed E-state index contributed by atoms with van der Waals surface area (Å²) in [5, 5.41) is 0. The summed E-state index contributed by atoms with van der Waals surface area (Å²) < 4.78 is 13.4. The van der Waals surface area contributed by atoms with Crippen LogP contribution in [0.5, 0.6) is 0 Å². The molecule has 0 aliphatic heterocycles. The second-order valence-electron chi connectivity index (χ2n) is 8.72. The van der Waals surface area contributed by atoms with E-state index in [1.807, 2.05) is 11.8 Å². The fourth-order valence-corrected chi connectivity index (χ4v) is 4.70. The van der Waals surface area contributed by atoms with Crippen molar-refractivity contribution in [2.24, 2.45) is 17.3 Å². The lowest BCUT2D eigenvalue weighted by atomic mass is 9.68. The average Bonchev–Trinajstić information content (AvgIpc) is 2.56. The molecule has 1 rings (SSSR count). The molecular weight excluding hydrogens is 339 g/mol. The summed E-state index contributed by atoms with van der Waals surface area (Å²) in [5.41, 5.74) is 3.28. The molecule has 0 N–H and O–H groups in total. The Bertz CT molecular complexity index is 502. The van der Waals surface area contributed by atoms with Crippen LogP contribution >= 0.6 is 11.8 Å². The minimum absolute atomic E-state index is 0.244. The van der Waals surface area contributed by atoms with Gasteiger partial charge in [0, 0.05) is 5.75 Å². The SMILES string of the molecule is C=C(C)SCC1=C[C@](C)([C@@H](C)CC)CC(C[C@H](CCC)CCC(C)F)=C1. The third kappa shape index (κ3) is 8.03. The largest absolute Gasteiger partial charge is 0.248 e. The maximum atomic E-state index is 13.4. The Morgan fingerprint density at radius 2 is 1.96 bits per heavy atom. The van der Waals surface area contributed by atoms with Gasteiger partial charge in [0.25, 0.3) is 0 Å². The highest BCUT2D eigenvalue weighted by Gasteiger charge is 2.32. The van der Waals surface area contributed by atoms with E-state index in [1.54, 1.807) is 12.5 Å². The normalized spacial score (nSPS) is 23.8. The van der Waals surface area contributed by atoms with Crippen molar-refractivity contribution in [2.75, 3.05) is 5.75 Å². The first kappa shape index (κ1) is 23.5. The molecule has 0 saturated carbocycles. The highest BCUT2D eigenvalue weighted by Crippen LogP contribution is 2.44. The van der Waals surface area contributed by atoms with Crippen molar-refractivity contribution >= 4 is 11.8 Å². The van der Waals surface area contributed by atoms with Crippen molar-refractivity contribution in [2.45, 2.75) is 92.7 Å². The Kier molecular flexibility index (Phi) is 10.3. The monoisotopic (exact) mass is 380 g/mol. The van der Waals surface area contributed by atoms with Gasteiger partial charge in [-0.15, -0.1) is 11.8 Å². The zero-order valence-corrected chi connectivity index (χ0v) is 18.9. The Morgan fingerprint density at radius 1 is 1.27 bits per heavy atom. The average molecular weight is 381 g/mol. The minimum Gasteiger partial charge on any atom is -0.248 e. The number of halogens is 1. The van der Waals surface area contributed by atoms with Crippen molar-refractivity contribution in [1.82, 2.24) is 0 Å². The number of alkyl halides is 1. The molecular formula is C24H41FS. The van der Waals surface area contributed by atoms with E-state index in [4.69, 9.17) is 0 Å². The van der Waals surface area contributed by atoms with Crippen molar-refractivity contribution in [3.63, 3.8) is 0 Å². The molecule has 1 aliphatic rings. The van der Waals surface area contributed by atoms with Crippen molar-refractivity contribution in [1.29, 1.82) is 0 Å². The molecule has 0 nitrogen and oxygen atoms in total. The zero-order valence-electron chi connectivity index (χ0n) is 18.0. The molecule has 0 amide bonds. The molecule has 0 saturated heterocycles. The number of thioether (sulfide) groups is 1. The maximum absolute atomic E-state index is 13.4. The molecule has 2 heteroatoms. The number of allylic oxidation sites excluding steroid dienone is 4. The predicted molar refractivity (Wildman–Crippen MR) is 118 cm³/mol. The number of rotatable bonds is 12. The first-order valence-electron chi connectivity index (χ1n) is 10.5. The van der Waals surface area contributed by atoms with Crippen molar-refractivity contribution < 1.29 is 4.39 Å². The maximum Gasteiger partial charge on any atom is 0.0973 e. The van der Waals surface area contributed by atoms with Crippen LogP contribution in [-0.4, -0.2) is 11.9 Å². The summed E-state index contributed by atoms with van der Waals surface area (Å²) in [6.07, 6.45) is 11.9.